The van der Waals surface area contributed by atoms with Crippen molar-refractivity contribution in [2.75, 3.05) is 0 Å². The number of benzene rings is 1. The van der Waals surface area contributed by atoms with Gasteiger partial charge in [-0.15, -0.1) is 0 Å². The van der Waals surface area contributed by atoms with Gasteiger partial charge in [-0.3, -0.25) is 9.59 Å². The average Bonchev–Trinajstić information content (AvgIpc) is 2.53. The van der Waals surface area contributed by atoms with E-state index in [4.69, 9.17) is 5.73 Å². The molecule has 6 nitrogen and oxygen atoms in total. The lowest BCUT2D eigenvalue weighted by Gasteiger charge is -2.35. The van der Waals surface area contributed by atoms with Crippen molar-refractivity contribution < 1.29 is 9.59 Å². The van der Waals surface area contributed by atoms with E-state index in [1.165, 1.54) is 11.1 Å². The number of amides is 2. The Labute approximate surface area is 134 Å². The zero-order valence-corrected chi connectivity index (χ0v) is 13.1. The lowest BCUT2D eigenvalue weighted by molar-refractivity contribution is -0.122. The Morgan fingerprint density at radius 2 is 1.91 bits per heavy atom. The minimum absolute atomic E-state index is 0.263. The SMILES string of the molecule is Cc1ncc(C(=O)N2Cc3ccccc3C[C@H]2C(N)=O)c(C)n1. The average molecular weight is 310 g/mol. The number of aromatic nitrogens is 2. The normalized spacial score (nSPS) is 16.8. The molecule has 0 spiro atoms. The van der Waals surface area contributed by atoms with Gasteiger partial charge in [0.05, 0.1) is 11.3 Å². The summed E-state index contributed by atoms with van der Waals surface area (Å²) < 4.78 is 0. The Kier molecular flexibility index (Phi) is 3.82. The molecule has 1 aliphatic heterocycles. The quantitative estimate of drug-likeness (QED) is 0.901. The van der Waals surface area contributed by atoms with Gasteiger partial charge < -0.3 is 10.6 Å². The maximum atomic E-state index is 12.9. The molecule has 2 N–H and O–H groups in total. The fraction of sp³-hybridized carbons (Fsp3) is 0.294. The summed E-state index contributed by atoms with van der Waals surface area (Å²) in [5.74, 6) is -0.158. The van der Waals surface area contributed by atoms with E-state index in [1.807, 2.05) is 24.3 Å². The van der Waals surface area contributed by atoms with Crippen LogP contribution < -0.4 is 5.73 Å². The summed E-state index contributed by atoms with van der Waals surface area (Å²) in [4.78, 5) is 34.6. The van der Waals surface area contributed by atoms with E-state index in [9.17, 15) is 9.59 Å². The molecule has 1 aliphatic rings. The molecule has 0 fully saturated rings. The summed E-state index contributed by atoms with van der Waals surface area (Å²) in [5.41, 5.74) is 8.62. The summed E-state index contributed by atoms with van der Waals surface area (Å²) in [5, 5.41) is 0. The largest absolute Gasteiger partial charge is 0.368 e. The first-order chi connectivity index (χ1) is 11.0. The van der Waals surface area contributed by atoms with E-state index in [0.29, 0.717) is 30.0 Å². The molecule has 2 aromatic rings. The summed E-state index contributed by atoms with van der Waals surface area (Å²) in [6.45, 7) is 3.89. The lowest BCUT2D eigenvalue weighted by atomic mass is 9.93. The molecule has 6 heteroatoms. The fourth-order valence-corrected chi connectivity index (χ4v) is 2.94. The van der Waals surface area contributed by atoms with Crippen molar-refractivity contribution in [1.82, 2.24) is 14.9 Å². The summed E-state index contributed by atoms with van der Waals surface area (Å²) in [6.07, 6.45) is 1.95. The Balaban J connectivity index is 1.99. The monoisotopic (exact) mass is 310 g/mol. The van der Waals surface area contributed by atoms with Gasteiger partial charge in [0.25, 0.3) is 5.91 Å². The zero-order valence-electron chi connectivity index (χ0n) is 13.1. The number of carbonyl (C=O) groups excluding carboxylic acids is 2. The topological polar surface area (TPSA) is 89.2 Å². The first-order valence-corrected chi connectivity index (χ1v) is 7.44. The highest BCUT2D eigenvalue weighted by Crippen LogP contribution is 2.25. The standard InChI is InChI=1S/C17H18N4O2/c1-10-14(8-19-11(2)20-10)17(23)21-9-13-6-4-3-5-12(13)7-15(21)16(18)22/h3-6,8,15H,7,9H2,1-2H3,(H2,18,22)/t15-/m0/s1. The minimum atomic E-state index is -0.655. The Bertz CT molecular complexity index is 788. The minimum Gasteiger partial charge on any atom is -0.368 e. The van der Waals surface area contributed by atoms with Crippen LogP contribution in [0.4, 0.5) is 0 Å². The molecule has 0 unspecified atom stereocenters. The Hall–Kier alpha value is -2.76. The molecule has 0 saturated carbocycles. The highest BCUT2D eigenvalue weighted by Gasteiger charge is 2.34. The number of hydrogen-bond donors (Lipinski definition) is 1. The number of fused-ring (bicyclic) bond motifs is 1. The number of rotatable bonds is 2. The first kappa shape index (κ1) is 15.1. The number of primary amides is 1. The van der Waals surface area contributed by atoms with Crippen molar-refractivity contribution in [3.63, 3.8) is 0 Å². The van der Waals surface area contributed by atoms with Crippen molar-refractivity contribution in [3.8, 4) is 0 Å². The number of nitrogens with zero attached hydrogens (tertiary/aromatic N) is 3. The zero-order chi connectivity index (χ0) is 16.6. The third kappa shape index (κ3) is 2.79. The highest BCUT2D eigenvalue weighted by molar-refractivity contribution is 5.98. The van der Waals surface area contributed by atoms with Crippen LogP contribution in [0, 0.1) is 13.8 Å². The fourth-order valence-electron chi connectivity index (χ4n) is 2.94. The third-order valence-corrected chi connectivity index (χ3v) is 4.17. The van der Waals surface area contributed by atoms with Gasteiger partial charge in [-0.2, -0.15) is 0 Å². The van der Waals surface area contributed by atoms with Crippen LogP contribution in [0.3, 0.4) is 0 Å². The van der Waals surface area contributed by atoms with Crippen molar-refractivity contribution in [2.24, 2.45) is 5.73 Å². The van der Waals surface area contributed by atoms with Crippen LogP contribution in [0.5, 0.6) is 0 Å². The number of hydrogen-bond acceptors (Lipinski definition) is 4. The van der Waals surface area contributed by atoms with Gasteiger partial charge in [0.2, 0.25) is 5.91 Å². The van der Waals surface area contributed by atoms with Crippen molar-refractivity contribution in [2.45, 2.75) is 32.9 Å². The Morgan fingerprint density at radius 3 is 2.57 bits per heavy atom. The molecule has 1 aromatic carbocycles. The third-order valence-electron chi connectivity index (χ3n) is 4.17. The van der Waals surface area contributed by atoms with Gasteiger partial charge in [0, 0.05) is 19.2 Å². The first-order valence-electron chi connectivity index (χ1n) is 7.44. The lowest BCUT2D eigenvalue weighted by Crippen LogP contribution is -2.51. The van der Waals surface area contributed by atoms with E-state index >= 15 is 0 Å². The number of carbonyl (C=O) groups is 2. The van der Waals surface area contributed by atoms with Gasteiger partial charge >= 0.3 is 0 Å². The summed E-state index contributed by atoms with van der Waals surface area (Å²) in [6, 6.07) is 7.12. The smallest absolute Gasteiger partial charge is 0.258 e. The molecule has 1 aromatic heterocycles. The van der Waals surface area contributed by atoms with E-state index < -0.39 is 11.9 Å². The van der Waals surface area contributed by atoms with Crippen LogP contribution in [-0.4, -0.2) is 32.7 Å². The van der Waals surface area contributed by atoms with Crippen LogP contribution >= 0.6 is 0 Å². The molecule has 23 heavy (non-hydrogen) atoms. The molecule has 118 valence electrons. The van der Waals surface area contributed by atoms with Crippen LogP contribution in [0.15, 0.2) is 30.5 Å². The van der Waals surface area contributed by atoms with Gasteiger partial charge in [-0.05, 0) is 25.0 Å². The van der Waals surface area contributed by atoms with Crippen molar-refractivity contribution in [3.05, 3.63) is 58.7 Å². The maximum absolute atomic E-state index is 12.9. The van der Waals surface area contributed by atoms with Crippen LogP contribution in [0.1, 0.15) is 33.0 Å². The molecule has 0 saturated heterocycles. The van der Waals surface area contributed by atoms with Crippen LogP contribution in [0.25, 0.3) is 0 Å². The number of aryl methyl sites for hydroxylation is 2. The van der Waals surface area contributed by atoms with E-state index in [0.717, 1.165) is 11.1 Å². The van der Waals surface area contributed by atoms with Gasteiger partial charge in [-0.1, -0.05) is 24.3 Å². The highest BCUT2D eigenvalue weighted by atomic mass is 16.2. The predicted octanol–water partition coefficient (Wildman–Crippen LogP) is 1.15. The predicted molar refractivity (Wildman–Crippen MR) is 84.5 cm³/mol. The van der Waals surface area contributed by atoms with E-state index in [-0.39, 0.29) is 5.91 Å². The number of nitrogens with two attached hydrogens (primary N) is 1. The van der Waals surface area contributed by atoms with E-state index in [1.54, 1.807) is 13.8 Å². The molecule has 1 atom stereocenters. The van der Waals surface area contributed by atoms with Crippen LogP contribution in [-0.2, 0) is 17.8 Å². The summed E-state index contributed by atoms with van der Waals surface area (Å²) >= 11 is 0. The van der Waals surface area contributed by atoms with Gasteiger partial charge in [-0.25, -0.2) is 9.97 Å². The molecular weight excluding hydrogens is 292 g/mol. The molecular formula is C17H18N4O2. The van der Waals surface area contributed by atoms with Crippen molar-refractivity contribution >= 4 is 11.8 Å². The maximum Gasteiger partial charge on any atom is 0.258 e. The second-order valence-corrected chi connectivity index (χ2v) is 5.74. The molecule has 2 amide bonds. The van der Waals surface area contributed by atoms with Crippen LogP contribution in [0.2, 0.25) is 0 Å². The molecule has 0 aliphatic carbocycles. The van der Waals surface area contributed by atoms with Gasteiger partial charge in [0.1, 0.15) is 11.9 Å². The van der Waals surface area contributed by atoms with Crippen molar-refractivity contribution in [1.29, 1.82) is 0 Å². The second-order valence-electron chi connectivity index (χ2n) is 5.74. The van der Waals surface area contributed by atoms with Gasteiger partial charge in [0.15, 0.2) is 0 Å². The molecule has 3 rings (SSSR count). The molecule has 0 radical (unpaired) electrons. The van der Waals surface area contributed by atoms with E-state index in [2.05, 4.69) is 9.97 Å². The Morgan fingerprint density at radius 1 is 1.22 bits per heavy atom. The molecule has 2 heterocycles. The second kappa shape index (κ2) is 5.79. The summed E-state index contributed by atoms with van der Waals surface area (Å²) in [7, 11) is 0. The molecule has 0 bridgehead atoms.